The second-order valence-corrected chi connectivity index (χ2v) is 4.61. The van der Waals surface area contributed by atoms with Crippen LogP contribution in [0, 0.1) is 0 Å². The molecule has 0 saturated heterocycles. The third kappa shape index (κ3) is 2.79. The fraction of sp³-hybridized carbons (Fsp3) is 0.118. The van der Waals surface area contributed by atoms with Crippen LogP contribution in [0.4, 0.5) is 4.39 Å². The summed E-state index contributed by atoms with van der Waals surface area (Å²) >= 11 is 0. The minimum Gasteiger partial charge on any atom is -0.506 e. The highest BCUT2D eigenvalue weighted by Gasteiger charge is 2.08. The van der Waals surface area contributed by atoms with Crippen molar-refractivity contribution in [2.75, 3.05) is 13.3 Å². The van der Waals surface area contributed by atoms with Crippen LogP contribution in [-0.4, -0.2) is 23.4 Å². The van der Waals surface area contributed by atoms with Crippen molar-refractivity contribution in [1.82, 2.24) is 4.98 Å². The van der Waals surface area contributed by atoms with Crippen LogP contribution in [0.25, 0.3) is 22.2 Å². The number of aromatic nitrogens is 1. The minimum atomic E-state index is -0.533. The zero-order valence-corrected chi connectivity index (χ0v) is 11.3. The molecule has 3 aromatic rings. The molecule has 0 amide bonds. The van der Waals surface area contributed by atoms with E-state index in [0.29, 0.717) is 11.4 Å². The van der Waals surface area contributed by atoms with Crippen molar-refractivity contribution < 1.29 is 14.2 Å². The number of halogens is 1. The Morgan fingerprint density at radius 2 is 1.86 bits per heavy atom. The smallest absolute Gasteiger partial charge is 0.142 e. The van der Waals surface area contributed by atoms with Crippen LogP contribution in [0.2, 0.25) is 0 Å². The average Bonchev–Trinajstić information content (AvgIpc) is 2.53. The fourth-order valence-electron chi connectivity index (χ4n) is 2.20. The van der Waals surface area contributed by atoms with Gasteiger partial charge in [-0.1, -0.05) is 30.3 Å². The number of fused-ring (bicyclic) bond motifs is 1. The molecule has 0 radical (unpaired) electrons. The molecular formula is C17H14FNO2. The van der Waals surface area contributed by atoms with Gasteiger partial charge in [0.25, 0.3) is 0 Å². The number of aromatic hydroxyl groups is 1. The summed E-state index contributed by atoms with van der Waals surface area (Å²) in [4.78, 5) is 4.49. The molecule has 3 rings (SSSR count). The fourth-order valence-corrected chi connectivity index (χ4v) is 2.20. The molecule has 0 unspecified atom stereocenters. The van der Waals surface area contributed by atoms with Crippen LogP contribution in [-0.2, 0) is 0 Å². The summed E-state index contributed by atoms with van der Waals surface area (Å²) < 4.78 is 17.4. The highest BCUT2D eigenvalue weighted by Crippen LogP contribution is 2.31. The highest BCUT2D eigenvalue weighted by atomic mass is 19.1. The van der Waals surface area contributed by atoms with Crippen LogP contribution in [0.1, 0.15) is 0 Å². The molecular weight excluding hydrogens is 269 g/mol. The van der Waals surface area contributed by atoms with Gasteiger partial charge in [0.2, 0.25) is 0 Å². The van der Waals surface area contributed by atoms with Crippen molar-refractivity contribution in [1.29, 1.82) is 0 Å². The first-order valence-electron chi connectivity index (χ1n) is 6.66. The van der Waals surface area contributed by atoms with E-state index < -0.39 is 6.67 Å². The Morgan fingerprint density at radius 3 is 2.62 bits per heavy atom. The van der Waals surface area contributed by atoms with Crippen molar-refractivity contribution >= 4 is 10.9 Å². The number of pyridine rings is 1. The number of hydrogen-bond donors (Lipinski definition) is 1. The van der Waals surface area contributed by atoms with Crippen molar-refractivity contribution in [3.05, 3.63) is 54.6 Å². The molecule has 0 aliphatic heterocycles. The molecule has 1 aromatic heterocycles. The van der Waals surface area contributed by atoms with Gasteiger partial charge >= 0.3 is 0 Å². The molecule has 0 fully saturated rings. The van der Waals surface area contributed by atoms with Crippen LogP contribution in [0.3, 0.4) is 0 Å². The van der Waals surface area contributed by atoms with E-state index in [1.54, 1.807) is 24.3 Å². The molecule has 4 heteroatoms. The van der Waals surface area contributed by atoms with E-state index in [0.717, 1.165) is 16.5 Å². The lowest BCUT2D eigenvalue weighted by molar-refractivity contribution is 0.273. The molecule has 0 aliphatic carbocycles. The van der Waals surface area contributed by atoms with E-state index >= 15 is 0 Å². The molecule has 0 atom stereocenters. The molecule has 0 spiro atoms. The van der Waals surface area contributed by atoms with Gasteiger partial charge in [0.05, 0.1) is 5.52 Å². The number of ether oxygens (including phenoxy) is 1. The number of nitrogens with zero attached hydrogens (tertiary/aromatic N) is 1. The first-order chi connectivity index (χ1) is 10.3. The van der Waals surface area contributed by atoms with E-state index in [9.17, 15) is 9.50 Å². The van der Waals surface area contributed by atoms with E-state index in [4.69, 9.17) is 4.74 Å². The van der Waals surface area contributed by atoms with E-state index in [1.165, 1.54) is 0 Å². The Balaban J connectivity index is 2.04. The summed E-state index contributed by atoms with van der Waals surface area (Å²) in [6.45, 7) is -0.512. The van der Waals surface area contributed by atoms with Gasteiger partial charge in [-0.25, -0.2) is 9.37 Å². The monoisotopic (exact) mass is 283 g/mol. The minimum absolute atomic E-state index is 0.0208. The summed E-state index contributed by atoms with van der Waals surface area (Å²) in [5.74, 6) is 0.671. The number of rotatable bonds is 4. The average molecular weight is 283 g/mol. The summed E-state index contributed by atoms with van der Waals surface area (Å²) in [5.41, 5.74) is 2.15. The summed E-state index contributed by atoms with van der Waals surface area (Å²) in [5, 5.41) is 10.9. The maximum absolute atomic E-state index is 12.1. The lowest BCUT2D eigenvalue weighted by Gasteiger charge is -2.08. The molecule has 21 heavy (non-hydrogen) atoms. The van der Waals surface area contributed by atoms with Crippen molar-refractivity contribution in [2.24, 2.45) is 0 Å². The molecule has 0 saturated carbocycles. The SMILES string of the molecule is Oc1cc2cc(OCCF)ccc2nc1-c1ccccc1. The molecule has 0 aliphatic rings. The van der Waals surface area contributed by atoms with Gasteiger partial charge in [0, 0.05) is 10.9 Å². The van der Waals surface area contributed by atoms with Gasteiger partial charge < -0.3 is 9.84 Å². The topological polar surface area (TPSA) is 42.4 Å². The zero-order chi connectivity index (χ0) is 14.7. The van der Waals surface area contributed by atoms with Crippen LogP contribution < -0.4 is 4.74 Å². The Kier molecular flexibility index (Phi) is 3.69. The second kappa shape index (κ2) is 5.79. The van der Waals surface area contributed by atoms with Gasteiger partial charge in [0.15, 0.2) is 0 Å². The third-order valence-electron chi connectivity index (χ3n) is 3.16. The first-order valence-corrected chi connectivity index (χ1v) is 6.66. The molecule has 1 heterocycles. The Morgan fingerprint density at radius 1 is 1.05 bits per heavy atom. The molecule has 2 aromatic carbocycles. The van der Waals surface area contributed by atoms with Crippen LogP contribution >= 0.6 is 0 Å². The predicted octanol–water partition coefficient (Wildman–Crippen LogP) is 3.96. The zero-order valence-electron chi connectivity index (χ0n) is 11.3. The van der Waals surface area contributed by atoms with Gasteiger partial charge in [-0.2, -0.15) is 0 Å². The second-order valence-electron chi connectivity index (χ2n) is 4.61. The number of alkyl halides is 1. The summed E-state index contributed by atoms with van der Waals surface area (Å²) in [7, 11) is 0. The number of benzene rings is 2. The van der Waals surface area contributed by atoms with Crippen molar-refractivity contribution in [3.63, 3.8) is 0 Å². The summed E-state index contributed by atoms with van der Waals surface area (Å²) in [6, 6.07) is 16.4. The van der Waals surface area contributed by atoms with Crippen LogP contribution in [0.5, 0.6) is 11.5 Å². The lowest BCUT2D eigenvalue weighted by Crippen LogP contribution is -1.98. The van der Waals surface area contributed by atoms with Crippen molar-refractivity contribution in [3.8, 4) is 22.8 Å². The lowest BCUT2D eigenvalue weighted by atomic mass is 10.1. The maximum Gasteiger partial charge on any atom is 0.142 e. The van der Waals surface area contributed by atoms with Crippen LogP contribution in [0.15, 0.2) is 54.6 Å². The normalized spacial score (nSPS) is 10.7. The van der Waals surface area contributed by atoms with E-state index in [-0.39, 0.29) is 12.4 Å². The van der Waals surface area contributed by atoms with Gasteiger partial charge in [-0.3, -0.25) is 0 Å². The standard InChI is InChI=1S/C17H14FNO2/c18-8-9-21-14-6-7-15-13(10-14)11-16(20)17(19-15)12-4-2-1-3-5-12/h1-7,10-11,20H,8-9H2. The molecule has 0 bridgehead atoms. The quantitative estimate of drug-likeness (QED) is 0.788. The van der Waals surface area contributed by atoms with E-state index in [2.05, 4.69) is 4.98 Å². The van der Waals surface area contributed by atoms with Crippen molar-refractivity contribution in [2.45, 2.75) is 0 Å². The van der Waals surface area contributed by atoms with Gasteiger partial charge in [-0.15, -0.1) is 0 Å². The maximum atomic E-state index is 12.1. The van der Waals surface area contributed by atoms with Gasteiger partial charge in [0.1, 0.15) is 30.5 Å². The number of hydrogen-bond acceptors (Lipinski definition) is 3. The predicted molar refractivity (Wildman–Crippen MR) is 80.3 cm³/mol. The molecule has 3 nitrogen and oxygen atoms in total. The largest absolute Gasteiger partial charge is 0.506 e. The van der Waals surface area contributed by atoms with Gasteiger partial charge in [-0.05, 0) is 24.3 Å². The highest BCUT2D eigenvalue weighted by molar-refractivity contribution is 5.85. The Bertz CT molecular complexity index is 759. The first kappa shape index (κ1) is 13.4. The Hall–Kier alpha value is -2.62. The summed E-state index contributed by atoms with van der Waals surface area (Å²) in [6.07, 6.45) is 0. The molecule has 106 valence electrons. The molecule has 1 N–H and O–H groups in total. The Labute approximate surface area is 121 Å². The third-order valence-corrected chi connectivity index (χ3v) is 3.16. The van der Waals surface area contributed by atoms with E-state index in [1.807, 2.05) is 30.3 Å².